The van der Waals surface area contributed by atoms with E-state index in [1.54, 1.807) is 29.4 Å². The van der Waals surface area contributed by atoms with Gasteiger partial charge in [0.2, 0.25) is 0 Å². The van der Waals surface area contributed by atoms with E-state index in [4.69, 9.17) is 0 Å². The van der Waals surface area contributed by atoms with E-state index in [-0.39, 0.29) is 0 Å². The second-order valence-corrected chi connectivity index (χ2v) is 3.94. The molecule has 0 saturated carbocycles. The summed E-state index contributed by atoms with van der Waals surface area (Å²) in [7, 11) is 0. The third-order valence-electron chi connectivity index (χ3n) is 2.90. The molecule has 4 aromatic heterocycles. The van der Waals surface area contributed by atoms with Gasteiger partial charge in [0, 0.05) is 18.0 Å². The first-order chi connectivity index (χ1) is 8.93. The highest BCUT2D eigenvalue weighted by atomic mass is 15.2. The van der Waals surface area contributed by atoms with Crippen LogP contribution < -0.4 is 0 Å². The van der Waals surface area contributed by atoms with Gasteiger partial charge in [0.1, 0.15) is 17.5 Å². The van der Waals surface area contributed by atoms with Gasteiger partial charge in [-0.25, -0.2) is 9.50 Å². The van der Waals surface area contributed by atoms with Crippen LogP contribution in [0.25, 0.3) is 27.8 Å². The topological polar surface area (TPSA) is 71.8 Å². The lowest BCUT2D eigenvalue weighted by Gasteiger charge is -1.99. The zero-order valence-corrected chi connectivity index (χ0v) is 9.28. The largest absolute Gasteiger partial charge is 0.276 e. The molecule has 4 rings (SSSR count). The van der Waals surface area contributed by atoms with E-state index in [0.29, 0.717) is 0 Å². The number of H-pyrrole nitrogens is 1. The van der Waals surface area contributed by atoms with E-state index < -0.39 is 0 Å². The van der Waals surface area contributed by atoms with E-state index in [9.17, 15) is 0 Å². The van der Waals surface area contributed by atoms with E-state index in [0.717, 1.165) is 27.8 Å². The van der Waals surface area contributed by atoms with Crippen molar-refractivity contribution in [3.63, 3.8) is 0 Å². The SMILES string of the molecule is c1cnc2c(-c3ccnn4cncc34)n[nH]c2c1. The van der Waals surface area contributed by atoms with Crippen molar-refractivity contribution < 1.29 is 0 Å². The molecule has 0 radical (unpaired) electrons. The van der Waals surface area contributed by atoms with Crippen LogP contribution in [0.3, 0.4) is 0 Å². The van der Waals surface area contributed by atoms with Gasteiger partial charge in [0.15, 0.2) is 0 Å². The highest BCUT2D eigenvalue weighted by Crippen LogP contribution is 2.27. The van der Waals surface area contributed by atoms with Crippen LogP contribution in [-0.4, -0.2) is 29.8 Å². The van der Waals surface area contributed by atoms with Gasteiger partial charge in [-0.15, -0.1) is 0 Å². The molecule has 4 heterocycles. The van der Waals surface area contributed by atoms with Crippen molar-refractivity contribution in [1.29, 1.82) is 0 Å². The van der Waals surface area contributed by atoms with E-state index in [1.165, 1.54) is 0 Å². The predicted octanol–water partition coefficient (Wildman–Crippen LogP) is 1.67. The number of hydrogen-bond donors (Lipinski definition) is 1. The minimum atomic E-state index is 0.818. The molecule has 0 spiro atoms. The zero-order chi connectivity index (χ0) is 11.9. The van der Waals surface area contributed by atoms with Crippen molar-refractivity contribution in [2.45, 2.75) is 0 Å². The Balaban J connectivity index is 2.10. The molecular weight excluding hydrogens is 228 g/mol. The second-order valence-electron chi connectivity index (χ2n) is 3.94. The van der Waals surface area contributed by atoms with Crippen LogP contribution >= 0.6 is 0 Å². The third-order valence-corrected chi connectivity index (χ3v) is 2.90. The van der Waals surface area contributed by atoms with Crippen LogP contribution in [0.4, 0.5) is 0 Å². The van der Waals surface area contributed by atoms with Gasteiger partial charge >= 0.3 is 0 Å². The average molecular weight is 236 g/mol. The molecule has 0 atom stereocenters. The van der Waals surface area contributed by atoms with Crippen LogP contribution in [-0.2, 0) is 0 Å². The number of imidazole rings is 1. The maximum Gasteiger partial charge on any atom is 0.121 e. The molecule has 6 nitrogen and oxygen atoms in total. The Kier molecular flexibility index (Phi) is 1.74. The highest BCUT2D eigenvalue weighted by molar-refractivity contribution is 5.93. The Labute approximate surface area is 101 Å². The molecule has 0 aliphatic rings. The molecule has 18 heavy (non-hydrogen) atoms. The van der Waals surface area contributed by atoms with E-state index in [2.05, 4.69) is 25.3 Å². The highest BCUT2D eigenvalue weighted by Gasteiger charge is 2.12. The molecule has 0 bridgehead atoms. The first kappa shape index (κ1) is 9.29. The lowest BCUT2D eigenvalue weighted by atomic mass is 10.1. The van der Waals surface area contributed by atoms with E-state index in [1.807, 2.05) is 18.2 Å². The van der Waals surface area contributed by atoms with Crippen LogP contribution in [0.2, 0.25) is 0 Å². The summed E-state index contributed by atoms with van der Waals surface area (Å²) < 4.78 is 1.72. The number of rotatable bonds is 1. The molecular formula is C12H8N6. The molecule has 6 heteroatoms. The fraction of sp³-hybridized carbons (Fsp3) is 0. The Morgan fingerprint density at radius 1 is 1.17 bits per heavy atom. The normalized spacial score (nSPS) is 11.3. The van der Waals surface area contributed by atoms with Crippen molar-refractivity contribution in [1.82, 2.24) is 29.8 Å². The molecule has 0 saturated heterocycles. The van der Waals surface area contributed by atoms with Gasteiger partial charge in [-0.3, -0.25) is 10.1 Å². The number of aromatic amines is 1. The van der Waals surface area contributed by atoms with Gasteiger partial charge < -0.3 is 0 Å². The number of nitrogens with one attached hydrogen (secondary N) is 1. The summed E-state index contributed by atoms with van der Waals surface area (Å²) in [5, 5.41) is 11.5. The van der Waals surface area contributed by atoms with Crippen molar-refractivity contribution in [2.24, 2.45) is 0 Å². The Morgan fingerprint density at radius 3 is 3.17 bits per heavy atom. The number of nitrogens with zero attached hydrogens (tertiary/aromatic N) is 5. The minimum absolute atomic E-state index is 0.818. The summed E-state index contributed by atoms with van der Waals surface area (Å²) in [5.41, 5.74) is 4.47. The predicted molar refractivity (Wildman–Crippen MR) is 65.9 cm³/mol. The lowest BCUT2D eigenvalue weighted by Crippen LogP contribution is -1.91. The Morgan fingerprint density at radius 2 is 2.17 bits per heavy atom. The molecule has 0 amide bonds. The molecule has 0 unspecified atom stereocenters. The molecule has 0 aliphatic carbocycles. The standard InChI is InChI=1S/C12H8N6/c1-2-9-12(14-4-1)11(17-16-9)8-3-5-15-18-7-13-6-10(8)18/h1-7H,(H,16,17). The van der Waals surface area contributed by atoms with Gasteiger partial charge in [0.05, 0.1) is 17.2 Å². The van der Waals surface area contributed by atoms with Gasteiger partial charge in [0.25, 0.3) is 0 Å². The summed E-state index contributed by atoms with van der Waals surface area (Å²) in [4.78, 5) is 8.46. The summed E-state index contributed by atoms with van der Waals surface area (Å²) >= 11 is 0. The van der Waals surface area contributed by atoms with Crippen LogP contribution in [0.5, 0.6) is 0 Å². The fourth-order valence-electron chi connectivity index (χ4n) is 2.08. The first-order valence-corrected chi connectivity index (χ1v) is 5.50. The first-order valence-electron chi connectivity index (χ1n) is 5.50. The summed E-state index contributed by atoms with van der Waals surface area (Å²) in [6, 6.07) is 5.75. The Bertz CT molecular complexity index is 844. The zero-order valence-electron chi connectivity index (χ0n) is 9.28. The van der Waals surface area contributed by atoms with Crippen molar-refractivity contribution >= 4 is 16.6 Å². The molecule has 1 N–H and O–H groups in total. The fourth-order valence-corrected chi connectivity index (χ4v) is 2.08. The average Bonchev–Trinajstić information content (AvgIpc) is 3.05. The number of aromatic nitrogens is 6. The minimum Gasteiger partial charge on any atom is -0.276 e. The van der Waals surface area contributed by atoms with Gasteiger partial charge in [-0.1, -0.05) is 0 Å². The lowest BCUT2D eigenvalue weighted by molar-refractivity contribution is 0.926. The summed E-state index contributed by atoms with van der Waals surface area (Å²) in [5.74, 6) is 0. The maximum absolute atomic E-state index is 4.36. The van der Waals surface area contributed by atoms with Gasteiger partial charge in [-0.05, 0) is 18.2 Å². The van der Waals surface area contributed by atoms with E-state index >= 15 is 0 Å². The molecule has 0 fully saturated rings. The quantitative estimate of drug-likeness (QED) is 0.545. The Hall–Kier alpha value is -2.76. The molecule has 0 aliphatic heterocycles. The molecule has 0 aromatic carbocycles. The van der Waals surface area contributed by atoms with Crippen molar-refractivity contribution in [3.8, 4) is 11.3 Å². The van der Waals surface area contributed by atoms with Crippen LogP contribution in [0.1, 0.15) is 0 Å². The molecule has 4 aromatic rings. The second kappa shape index (κ2) is 3.36. The summed E-state index contributed by atoms with van der Waals surface area (Å²) in [6.45, 7) is 0. The smallest absolute Gasteiger partial charge is 0.121 e. The number of fused-ring (bicyclic) bond motifs is 2. The molecule has 86 valence electrons. The summed E-state index contributed by atoms with van der Waals surface area (Å²) in [6.07, 6.45) is 6.93. The monoisotopic (exact) mass is 236 g/mol. The number of hydrogen-bond acceptors (Lipinski definition) is 4. The number of pyridine rings is 1. The van der Waals surface area contributed by atoms with Crippen LogP contribution in [0, 0.1) is 0 Å². The maximum atomic E-state index is 4.36. The van der Waals surface area contributed by atoms with Crippen LogP contribution in [0.15, 0.2) is 43.1 Å². The van der Waals surface area contributed by atoms with Gasteiger partial charge in [-0.2, -0.15) is 10.2 Å². The van der Waals surface area contributed by atoms with Crippen molar-refractivity contribution in [3.05, 3.63) is 43.1 Å². The third kappa shape index (κ3) is 1.17. The van der Waals surface area contributed by atoms with Crippen molar-refractivity contribution in [2.75, 3.05) is 0 Å².